The fourth-order valence-electron chi connectivity index (χ4n) is 2.28. The summed E-state index contributed by atoms with van der Waals surface area (Å²) >= 11 is 11.9. The fraction of sp³-hybridized carbons (Fsp3) is 0.571. The molecule has 1 aromatic rings. The summed E-state index contributed by atoms with van der Waals surface area (Å²) in [5, 5.41) is 4.82. The van der Waals surface area contributed by atoms with Crippen molar-refractivity contribution in [2.45, 2.75) is 38.1 Å². The van der Waals surface area contributed by atoms with E-state index in [1.54, 1.807) is 18.2 Å². The van der Waals surface area contributed by atoms with Crippen LogP contribution in [-0.2, 0) is 0 Å². The zero-order valence-electron chi connectivity index (χ0n) is 10.4. The third-order valence-corrected chi connectivity index (χ3v) is 3.81. The summed E-state index contributed by atoms with van der Waals surface area (Å²) < 4.78 is 5.63. The van der Waals surface area contributed by atoms with Gasteiger partial charge in [0.15, 0.2) is 0 Å². The Balaban J connectivity index is 1.64. The smallest absolute Gasteiger partial charge is 0.139 e. The highest BCUT2D eigenvalue weighted by Gasteiger charge is 2.13. The van der Waals surface area contributed by atoms with Crippen LogP contribution in [0.15, 0.2) is 18.2 Å². The zero-order valence-corrected chi connectivity index (χ0v) is 11.9. The summed E-state index contributed by atoms with van der Waals surface area (Å²) in [4.78, 5) is 0. The van der Waals surface area contributed by atoms with Gasteiger partial charge < -0.3 is 10.1 Å². The predicted molar refractivity (Wildman–Crippen MR) is 76.8 cm³/mol. The number of hydrogen-bond acceptors (Lipinski definition) is 2. The van der Waals surface area contributed by atoms with E-state index in [-0.39, 0.29) is 0 Å². The molecule has 1 aliphatic rings. The van der Waals surface area contributed by atoms with Gasteiger partial charge in [-0.05, 0) is 37.9 Å². The third-order valence-electron chi connectivity index (χ3n) is 3.26. The molecule has 0 unspecified atom stereocenters. The molecule has 0 heterocycles. The fourth-order valence-corrected chi connectivity index (χ4v) is 2.61. The first-order valence-electron chi connectivity index (χ1n) is 6.57. The lowest BCUT2D eigenvalue weighted by molar-refractivity contribution is 0.305. The van der Waals surface area contributed by atoms with E-state index in [9.17, 15) is 0 Å². The Hall–Kier alpha value is -0.440. The summed E-state index contributed by atoms with van der Waals surface area (Å²) in [5.41, 5.74) is 0. The van der Waals surface area contributed by atoms with Crippen molar-refractivity contribution in [3.8, 4) is 5.75 Å². The maximum Gasteiger partial charge on any atom is 0.139 e. The highest BCUT2D eigenvalue weighted by Crippen LogP contribution is 2.27. The van der Waals surface area contributed by atoms with Gasteiger partial charge in [-0.3, -0.25) is 0 Å². The SMILES string of the molecule is Clc1ccc(Cl)c(OCCCNC2CCCC2)c1. The molecule has 0 spiro atoms. The number of benzene rings is 1. The molecular formula is C14H19Cl2NO. The average molecular weight is 288 g/mol. The Morgan fingerprint density at radius 3 is 2.78 bits per heavy atom. The van der Waals surface area contributed by atoms with Gasteiger partial charge in [-0.1, -0.05) is 36.0 Å². The van der Waals surface area contributed by atoms with Crippen LogP contribution in [0, 0.1) is 0 Å². The van der Waals surface area contributed by atoms with Crippen LogP contribution in [0.25, 0.3) is 0 Å². The molecule has 0 bridgehead atoms. The molecule has 1 saturated carbocycles. The molecule has 0 radical (unpaired) electrons. The zero-order chi connectivity index (χ0) is 12.8. The van der Waals surface area contributed by atoms with Crippen LogP contribution in [-0.4, -0.2) is 19.2 Å². The number of ether oxygens (including phenoxy) is 1. The molecule has 2 nitrogen and oxygen atoms in total. The van der Waals surface area contributed by atoms with Crippen molar-refractivity contribution >= 4 is 23.2 Å². The molecule has 0 atom stereocenters. The van der Waals surface area contributed by atoms with Crippen molar-refractivity contribution in [3.63, 3.8) is 0 Å². The second-order valence-electron chi connectivity index (χ2n) is 4.71. The summed E-state index contributed by atoms with van der Waals surface area (Å²) in [6, 6.07) is 6.00. The van der Waals surface area contributed by atoms with Crippen molar-refractivity contribution in [1.29, 1.82) is 0 Å². The first kappa shape index (κ1) is 14.0. The topological polar surface area (TPSA) is 21.3 Å². The van der Waals surface area contributed by atoms with E-state index in [1.807, 2.05) is 0 Å². The van der Waals surface area contributed by atoms with Gasteiger partial charge in [-0.2, -0.15) is 0 Å². The Morgan fingerprint density at radius 2 is 2.00 bits per heavy atom. The summed E-state index contributed by atoms with van der Waals surface area (Å²) in [7, 11) is 0. The van der Waals surface area contributed by atoms with Gasteiger partial charge in [-0.15, -0.1) is 0 Å². The van der Waals surface area contributed by atoms with Gasteiger partial charge in [0.1, 0.15) is 5.75 Å². The van der Waals surface area contributed by atoms with Gasteiger partial charge in [0, 0.05) is 17.1 Å². The molecule has 0 saturated heterocycles. The largest absolute Gasteiger partial charge is 0.492 e. The van der Waals surface area contributed by atoms with Gasteiger partial charge in [0.25, 0.3) is 0 Å². The molecule has 1 fully saturated rings. The van der Waals surface area contributed by atoms with Gasteiger partial charge in [0.2, 0.25) is 0 Å². The van der Waals surface area contributed by atoms with Crippen molar-refractivity contribution in [3.05, 3.63) is 28.2 Å². The maximum absolute atomic E-state index is 6.01. The molecule has 1 N–H and O–H groups in total. The Bertz CT molecular complexity index is 378. The van der Waals surface area contributed by atoms with Crippen molar-refractivity contribution in [2.75, 3.05) is 13.2 Å². The highest BCUT2D eigenvalue weighted by atomic mass is 35.5. The minimum absolute atomic E-state index is 0.614. The molecule has 4 heteroatoms. The number of rotatable bonds is 6. The van der Waals surface area contributed by atoms with E-state index >= 15 is 0 Å². The monoisotopic (exact) mass is 287 g/mol. The van der Waals surface area contributed by atoms with E-state index in [4.69, 9.17) is 27.9 Å². The lowest BCUT2D eigenvalue weighted by Crippen LogP contribution is -2.27. The number of hydrogen-bond donors (Lipinski definition) is 1. The summed E-state index contributed by atoms with van der Waals surface area (Å²) in [6.45, 7) is 1.67. The van der Waals surface area contributed by atoms with E-state index < -0.39 is 0 Å². The normalized spacial score (nSPS) is 16.1. The third kappa shape index (κ3) is 4.34. The quantitative estimate of drug-likeness (QED) is 0.788. The van der Waals surface area contributed by atoms with E-state index in [0.29, 0.717) is 22.4 Å². The molecule has 0 aromatic heterocycles. The second-order valence-corrected chi connectivity index (χ2v) is 5.56. The molecule has 0 amide bonds. The van der Waals surface area contributed by atoms with Crippen molar-refractivity contribution in [2.24, 2.45) is 0 Å². The highest BCUT2D eigenvalue weighted by molar-refractivity contribution is 6.34. The van der Waals surface area contributed by atoms with Crippen molar-refractivity contribution < 1.29 is 4.74 Å². The summed E-state index contributed by atoms with van der Waals surface area (Å²) in [5.74, 6) is 0.671. The maximum atomic E-state index is 6.01. The number of nitrogens with one attached hydrogen (secondary N) is 1. The van der Waals surface area contributed by atoms with Crippen LogP contribution in [0.5, 0.6) is 5.75 Å². The first-order chi connectivity index (χ1) is 8.75. The molecule has 1 aromatic carbocycles. The van der Waals surface area contributed by atoms with E-state index in [2.05, 4.69) is 5.32 Å². The molecule has 0 aliphatic heterocycles. The van der Waals surface area contributed by atoms with Crippen LogP contribution < -0.4 is 10.1 Å². The van der Waals surface area contributed by atoms with Gasteiger partial charge in [0.05, 0.1) is 11.6 Å². The molecule has 2 rings (SSSR count). The van der Waals surface area contributed by atoms with Crippen molar-refractivity contribution in [1.82, 2.24) is 5.32 Å². The van der Waals surface area contributed by atoms with Crippen LogP contribution in [0.4, 0.5) is 0 Å². The van der Waals surface area contributed by atoms with E-state index in [0.717, 1.165) is 19.0 Å². The molecule has 100 valence electrons. The summed E-state index contributed by atoms with van der Waals surface area (Å²) in [6.07, 6.45) is 6.36. The van der Waals surface area contributed by atoms with Crippen LogP contribution in [0.2, 0.25) is 10.0 Å². The second kappa shape index (κ2) is 7.22. The Kier molecular flexibility index (Phi) is 5.61. The van der Waals surface area contributed by atoms with Crippen LogP contribution in [0.3, 0.4) is 0 Å². The minimum atomic E-state index is 0.614. The number of halogens is 2. The van der Waals surface area contributed by atoms with E-state index in [1.165, 1.54) is 25.7 Å². The predicted octanol–water partition coefficient (Wildman–Crippen LogP) is 4.29. The van der Waals surface area contributed by atoms with Gasteiger partial charge in [-0.25, -0.2) is 0 Å². The van der Waals surface area contributed by atoms with Crippen LogP contribution in [0.1, 0.15) is 32.1 Å². The molecular weight excluding hydrogens is 269 g/mol. The lowest BCUT2D eigenvalue weighted by Gasteiger charge is -2.12. The standard InChI is InChI=1S/C14H19Cl2NO/c15-11-6-7-13(16)14(10-11)18-9-3-8-17-12-4-1-2-5-12/h6-7,10,12,17H,1-5,8-9H2. The first-order valence-corrected chi connectivity index (χ1v) is 7.32. The Morgan fingerprint density at radius 1 is 1.22 bits per heavy atom. The van der Waals surface area contributed by atoms with Gasteiger partial charge >= 0.3 is 0 Å². The minimum Gasteiger partial charge on any atom is -0.492 e. The molecule has 18 heavy (non-hydrogen) atoms. The lowest BCUT2D eigenvalue weighted by atomic mass is 10.2. The Labute approximate surface area is 119 Å². The average Bonchev–Trinajstić information content (AvgIpc) is 2.86. The molecule has 1 aliphatic carbocycles. The van der Waals surface area contributed by atoms with Crippen LogP contribution >= 0.6 is 23.2 Å².